The van der Waals surface area contributed by atoms with E-state index < -0.39 is 13.6 Å². The summed E-state index contributed by atoms with van der Waals surface area (Å²) >= 11 is -5.50. The zero-order valence-corrected chi connectivity index (χ0v) is 8.03. The number of nitrogens with zero attached hydrogens (tertiary/aromatic N) is 1. The van der Waals surface area contributed by atoms with Crippen LogP contribution in [0, 0.1) is 12.4 Å². The topological polar surface area (TPSA) is 90.3 Å². The molecule has 1 heterocycles. The van der Waals surface area contributed by atoms with Crippen molar-refractivity contribution in [3.05, 3.63) is 30.6 Å². The van der Waals surface area contributed by atoms with Crippen molar-refractivity contribution in [2.75, 3.05) is 0 Å². The van der Waals surface area contributed by atoms with Crippen molar-refractivity contribution < 1.29 is 41.9 Å². The molecule has 0 saturated heterocycles. The summed E-state index contributed by atoms with van der Waals surface area (Å²) in [6.07, 6.45) is 3.50. The van der Waals surface area contributed by atoms with Crippen LogP contribution in [-0.4, -0.2) is 9.14 Å². The van der Waals surface area contributed by atoms with Gasteiger partial charge in [0, 0.05) is 12.4 Å². The Morgan fingerprint density at radius 3 is 1.58 bits per heavy atom. The Morgan fingerprint density at radius 2 is 1.50 bits per heavy atom. The number of halogens is 1. The van der Waals surface area contributed by atoms with Crippen LogP contribution in [0.1, 0.15) is 0 Å². The minimum absolute atomic E-state index is 0. The zero-order valence-electron chi connectivity index (χ0n) is 5.86. The number of pyridine rings is 1. The fraction of sp³-hybridized carbons (Fsp3) is 0. The summed E-state index contributed by atoms with van der Waals surface area (Å²) in [6.45, 7) is 0. The van der Waals surface area contributed by atoms with Crippen LogP contribution in [0.2, 0.25) is 0 Å². The van der Waals surface area contributed by atoms with Gasteiger partial charge in [-0.05, 0) is 12.1 Å². The molecule has 0 radical (unpaired) electrons. The summed E-state index contributed by atoms with van der Waals surface area (Å²) in [5.41, 5.74) is 0. The van der Waals surface area contributed by atoms with Gasteiger partial charge < -0.3 is 0 Å². The third-order valence-electron chi connectivity index (χ3n) is 0.566. The Balaban J connectivity index is 0. The first-order chi connectivity index (χ1) is 5.00. The number of hydrogen-bond donors (Lipinski definition) is 1. The molecule has 70 valence electrons. The van der Waals surface area contributed by atoms with Gasteiger partial charge in [0.1, 0.15) is 0 Å². The normalized spacial score (nSPS) is 8.83. The molecular formula is C5H8ClCrNO4. The van der Waals surface area contributed by atoms with Crippen molar-refractivity contribution >= 4 is 0 Å². The van der Waals surface area contributed by atoms with Crippen LogP contribution in [0.15, 0.2) is 30.6 Å². The summed E-state index contributed by atoms with van der Waals surface area (Å²) in [5.74, 6) is 0. The second kappa shape index (κ2) is 7.16. The second-order valence-corrected chi connectivity index (χ2v) is 2.79. The molecule has 7 heteroatoms. The van der Waals surface area contributed by atoms with Crippen molar-refractivity contribution in [2.45, 2.75) is 0 Å². The van der Waals surface area contributed by atoms with Crippen LogP contribution < -0.4 is 4.16 Å². The summed E-state index contributed by atoms with van der Waals surface area (Å²) in [7, 11) is 0. The van der Waals surface area contributed by atoms with Gasteiger partial charge in [-0.15, -0.1) is 0 Å². The summed E-state index contributed by atoms with van der Waals surface area (Å²) in [4.78, 5) is 3.78. The molecule has 0 spiro atoms. The van der Waals surface area contributed by atoms with Crippen molar-refractivity contribution in [3.63, 3.8) is 0 Å². The average molecular weight is 234 g/mol. The number of aromatic nitrogens is 1. The van der Waals surface area contributed by atoms with Gasteiger partial charge in [0.05, 0.1) is 12.4 Å². The minimum atomic E-state index is -5.50. The largest absolute Gasteiger partial charge is 0.265 e. The van der Waals surface area contributed by atoms with E-state index in [2.05, 4.69) is 4.98 Å². The quantitative estimate of drug-likeness (QED) is 0.593. The van der Waals surface area contributed by atoms with Gasteiger partial charge >= 0.3 is 29.5 Å². The smallest absolute Gasteiger partial charge is 0.0267 e. The average Bonchev–Trinajstić information content (AvgIpc) is 1.88. The zero-order chi connectivity index (χ0) is 8.74. The van der Waals surface area contributed by atoms with E-state index in [1.807, 2.05) is 18.2 Å². The summed E-state index contributed by atoms with van der Waals surface area (Å²) < 4.78 is 33.1. The van der Waals surface area contributed by atoms with Crippen LogP contribution >= 0.6 is 0 Å². The van der Waals surface area contributed by atoms with E-state index in [1.165, 1.54) is 0 Å². The van der Waals surface area contributed by atoms with Crippen LogP contribution in [0.3, 0.4) is 0 Å². The first-order valence-corrected chi connectivity index (χ1v) is 4.66. The van der Waals surface area contributed by atoms with Crippen LogP contribution in [0.25, 0.3) is 0 Å². The molecule has 1 aromatic heterocycles. The molecule has 1 aromatic rings. The van der Waals surface area contributed by atoms with Crippen molar-refractivity contribution in [1.29, 1.82) is 0 Å². The number of hydrogen-bond acceptors (Lipinski definition) is 4. The predicted molar refractivity (Wildman–Crippen MR) is 30.6 cm³/mol. The second-order valence-electron chi connectivity index (χ2n) is 1.45. The Hall–Kier alpha value is -0.508. The fourth-order valence-electron chi connectivity index (χ4n) is 0.313. The van der Waals surface area contributed by atoms with E-state index in [-0.39, 0.29) is 12.4 Å². The first-order valence-electron chi connectivity index (χ1n) is 2.53. The molecule has 0 aliphatic heterocycles. The van der Waals surface area contributed by atoms with E-state index in [1.54, 1.807) is 12.4 Å². The molecule has 0 amide bonds. The molecule has 1 rings (SSSR count). The third kappa shape index (κ3) is 22.7. The maximum absolute atomic E-state index is 8.70. The Bertz CT molecular complexity index is 240. The van der Waals surface area contributed by atoms with E-state index in [4.69, 9.17) is 15.9 Å². The standard InChI is InChI=1S/C5H5N.ClH2.Cr.H2O.3O/c1-2-4-6-5-3-1;;;;;;/h1-5H;1H2;;1H2;;;/q;2*+1;;;;-1/p-1. The monoisotopic (exact) mass is 233 g/mol. The van der Waals surface area contributed by atoms with Gasteiger partial charge in [0.15, 0.2) is 0 Å². The summed E-state index contributed by atoms with van der Waals surface area (Å²) in [6, 6.07) is 5.72. The molecule has 0 aliphatic rings. The Kier molecular flexibility index (Phi) is 8.38. The molecule has 12 heavy (non-hydrogen) atoms. The van der Waals surface area contributed by atoms with E-state index in [0.717, 1.165) is 0 Å². The fourth-order valence-corrected chi connectivity index (χ4v) is 0.313. The third-order valence-corrected chi connectivity index (χ3v) is 0.566. The molecule has 0 atom stereocenters. The Labute approximate surface area is 77.9 Å². The predicted octanol–water partition coefficient (Wildman–Crippen LogP) is -1.44. The molecule has 0 aliphatic carbocycles. The van der Waals surface area contributed by atoms with Crippen molar-refractivity contribution in [2.24, 2.45) is 0 Å². The maximum Gasteiger partial charge on any atom is 0.0267 e. The summed E-state index contributed by atoms with van der Waals surface area (Å²) in [5, 5.41) is 0. The molecule has 1 N–H and O–H groups in total. The van der Waals surface area contributed by atoms with Crippen molar-refractivity contribution in [1.82, 2.24) is 4.98 Å². The van der Waals surface area contributed by atoms with Gasteiger partial charge in [0.2, 0.25) is 0 Å². The molecule has 0 unspecified atom stereocenters. The molecule has 0 aromatic carbocycles. The SMILES string of the molecule is [ClH2+].[O]=[Cr](=[O])([O-])[OH].c1ccncc1. The van der Waals surface area contributed by atoms with Gasteiger partial charge in [-0.1, -0.05) is 6.07 Å². The molecular weight excluding hydrogens is 226 g/mol. The van der Waals surface area contributed by atoms with Gasteiger partial charge in [-0.25, -0.2) is 0 Å². The molecule has 0 bridgehead atoms. The minimum Gasteiger partial charge on any atom is -0.265 e. The van der Waals surface area contributed by atoms with E-state index in [9.17, 15) is 0 Å². The van der Waals surface area contributed by atoms with Crippen LogP contribution in [0.4, 0.5) is 0 Å². The van der Waals surface area contributed by atoms with E-state index in [0.29, 0.717) is 0 Å². The first kappa shape index (κ1) is 14.0. The van der Waals surface area contributed by atoms with Crippen LogP contribution in [-0.2, 0) is 21.2 Å². The van der Waals surface area contributed by atoms with Gasteiger partial charge in [0.25, 0.3) is 0 Å². The number of rotatable bonds is 0. The van der Waals surface area contributed by atoms with Gasteiger partial charge in [-0.3, -0.25) is 4.98 Å². The molecule has 5 nitrogen and oxygen atoms in total. The van der Waals surface area contributed by atoms with Crippen LogP contribution in [0.5, 0.6) is 0 Å². The van der Waals surface area contributed by atoms with Crippen molar-refractivity contribution in [3.8, 4) is 0 Å². The van der Waals surface area contributed by atoms with E-state index >= 15 is 0 Å². The van der Waals surface area contributed by atoms with Gasteiger partial charge in [-0.2, -0.15) is 0 Å². The molecule has 0 fully saturated rings. The molecule has 0 saturated carbocycles. The maximum atomic E-state index is 8.70. The Morgan fingerprint density at radius 1 is 1.17 bits per heavy atom.